The maximum Gasteiger partial charge on any atom is 0.0773 e. The van der Waals surface area contributed by atoms with Gasteiger partial charge in [0.2, 0.25) is 0 Å². The van der Waals surface area contributed by atoms with E-state index in [9.17, 15) is 0 Å². The molecule has 0 aromatic carbocycles. The first-order chi connectivity index (χ1) is 6.72. The summed E-state index contributed by atoms with van der Waals surface area (Å²) in [5.74, 6) is 0.669. The highest BCUT2D eigenvalue weighted by atomic mass is 16.5. The minimum Gasteiger partial charge on any atom is -0.377 e. The molecule has 3 nitrogen and oxygen atoms in total. The molecule has 0 N–H and O–H groups in total. The van der Waals surface area contributed by atoms with Crippen molar-refractivity contribution < 1.29 is 4.74 Å². The zero-order valence-electron chi connectivity index (χ0n) is 9.31. The monoisotopic (exact) mass is 196 g/mol. The molecule has 80 valence electrons. The van der Waals surface area contributed by atoms with Gasteiger partial charge in [-0.15, -0.1) is 0 Å². The highest BCUT2D eigenvalue weighted by Crippen LogP contribution is 2.10. The number of ether oxygens (including phenoxy) is 1. The lowest BCUT2D eigenvalue weighted by atomic mass is 10.1. The molecule has 14 heavy (non-hydrogen) atoms. The highest BCUT2D eigenvalue weighted by Gasteiger charge is 2.11. The van der Waals surface area contributed by atoms with E-state index in [4.69, 9.17) is 4.74 Å². The molecule has 1 aromatic heterocycles. The van der Waals surface area contributed by atoms with Crippen molar-refractivity contribution >= 4 is 0 Å². The van der Waals surface area contributed by atoms with Crippen LogP contribution in [0.2, 0.25) is 0 Å². The summed E-state index contributed by atoms with van der Waals surface area (Å²) < 4.78 is 7.60. The van der Waals surface area contributed by atoms with E-state index in [0.29, 0.717) is 12.0 Å². The van der Waals surface area contributed by atoms with E-state index < -0.39 is 0 Å². The van der Waals surface area contributed by atoms with Gasteiger partial charge in [-0.1, -0.05) is 13.8 Å². The predicted molar refractivity (Wildman–Crippen MR) is 57.1 cm³/mol. The van der Waals surface area contributed by atoms with Crippen LogP contribution in [0.3, 0.4) is 0 Å². The Hall–Kier alpha value is -0.830. The standard InChI is InChI=1S/C11H20N2O/c1-4-14-11(8-10(2)3)9-13-7-5-6-12-13/h5-7,10-11H,4,8-9H2,1-3H3. The molecular weight excluding hydrogens is 176 g/mol. The summed E-state index contributed by atoms with van der Waals surface area (Å²) in [5.41, 5.74) is 0. The first-order valence-corrected chi connectivity index (χ1v) is 5.31. The fourth-order valence-electron chi connectivity index (χ4n) is 1.57. The number of nitrogens with zero attached hydrogens (tertiary/aromatic N) is 2. The summed E-state index contributed by atoms with van der Waals surface area (Å²) in [6.45, 7) is 8.11. The second-order valence-electron chi connectivity index (χ2n) is 3.94. The summed E-state index contributed by atoms with van der Waals surface area (Å²) in [7, 11) is 0. The molecule has 0 aliphatic heterocycles. The van der Waals surface area contributed by atoms with Crippen LogP contribution in [0.25, 0.3) is 0 Å². The summed E-state index contributed by atoms with van der Waals surface area (Å²) in [6, 6.07) is 1.94. The van der Waals surface area contributed by atoms with Crippen LogP contribution in [0.5, 0.6) is 0 Å². The number of rotatable bonds is 6. The van der Waals surface area contributed by atoms with E-state index in [1.54, 1.807) is 6.20 Å². The van der Waals surface area contributed by atoms with Gasteiger partial charge in [0, 0.05) is 19.0 Å². The first-order valence-electron chi connectivity index (χ1n) is 5.31. The van der Waals surface area contributed by atoms with E-state index in [0.717, 1.165) is 19.6 Å². The summed E-state index contributed by atoms with van der Waals surface area (Å²) >= 11 is 0. The summed E-state index contributed by atoms with van der Waals surface area (Å²) in [5, 5.41) is 4.18. The van der Waals surface area contributed by atoms with Gasteiger partial charge in [0.1, 0.15) is 0 Å². The molecule has 0 radical (unpaired) electrons. The molecule has 0 aliphatic carbocycles. The maximum atomic E-state index is 5.67. The van der Waals surface area contributed by atoms with Gasteiger partial charge < -0.3 is 4.74 Å². The Bertz CT molecular complexity index is 231. The van der Waals surface area contributed by atoms with Crippen LogP contribution in [0.1, 0.15) is 27.2 Å². The van der Waals surface area contributed by atoms with Gasteiger partial charge in [-0.3, -0.25) is 4.68 Å². The van der Waals surface area contributed by atoms with Crippen molar-refractivity contribution in [1.82, 2.24) is 9.78 Å². The number of hydrogen-bond acceptors (Lipinski definition) is 2. The Morgan fingerprint density at radius 3 is 2.71 bits per heavy atom. The molecule has 0 spiro atoms. The second-order valence-corrected chi connectivity index (χ2v) is 3.94. The van der Waals surface area contributed by atoms with Crippen LogP contribution in [0.15, 0.2) is 18.5 Å². The van der Waals surface area contributed by atoms with E-state index in [1.165, 1.54) is 0 Å². The molecular formula is C11H20N2O. The molecule has 1 aromatic rings. The van der Waals surface area contributed by atoms with E-state index in [-0.39, 0.29) is 0 Å². The molecule has 3 heteroatoms. The maximum absolute atomic E-state index is 5.67. The van der Waals surface area contributed by atoms with Crippen LogP contribution >= 0.6 is 0 Å². The molecule has 0 aliphatic rings. The number of hydrogen-bond donors (Lipinski definition) is 0. The minimum atomic E-state index is 0.292. The minimum absolute atomic E-state index is 0.292. The zero-order chi connectivity index (χ0) is 10.4. The Morgan fingerprint density at radius 1 is 1.43 bits per heavy atom. The lowest BCUT2D eigenvalue weighted by molar-refractivity contribution is 0.0337. The van der Waals surface area contributed by atoms with Gasteiger partial charge in [-0.2, -0.15) is 5.10 Å². The van der Waals surface area contributed by atoms with Crippen LogP contribution in [0, 0.1) is 5.92 Å². The molecule has 0 amide bonds. The van der Waals surface area contributed by atoms with E-state index >= 15 is 0 Å². The average Bonchev–Trinajstić information content (AvgIpc) is 2.56. The lowest BCUT2D eigenvalue weighted by Gasteiger charge is -2.18. The van der Waals surface area contributed by atoms with Gasteiger partial charge in [-0.05, 0) is 25.3 Å². The van der Waals surface area contributed by atoms with Gasteiger partial charge in [-0.25, -0.2) is 0 Å². The van der Waals surface area contributed by atoms with Crippen molar-refractivity contribution in [3.8, 4) is 0 Å². The molecule has 1 unspecified atom stereocenters. The molecule has 0 bridgehead atoms. The SMILES string of the molecule is CCOC(CC(C)C)Cn1cccn1. The number of aromatic nitrogens is 2. The Balaban J connectivity index is 2.42. The predicted octanol–water partition coefficient (Wildman–Crippen LogP) is 2.33. The van der Waals surface area contributed by atoms with Crippen molar-refractivity contribution in [3.05, 3.63) is 18.5 Å². The van der Waals surface area contributed by atoms with E-state index in [2.05, 4.69) is 18.9 Å². The van der Waals surface area contributed by atoms with Gasteiger partial charge in [0.05, 0.1) is 12.6 Å². The van der Waals surface area contributed by atoms with Crippen molar-refractivity contribution in [3.63, 3.8) is 0 Å². The molecule has 0 saturated heterocycles. The summed E-state index contributed by atoms with van der Waals surface area (Å²) in [6.07, 6.45) is 5.17. The van der Waals surface area contributed by atoms with Crippen LogP contribution in [-0.4, -0.2) is 22.5 Å². The Morgan fingerprint density at radius 2 is 2.21 bits per heavy atom. The topological polar surface area (TPSA) is 27.1 Å². The Labute approximate surface area is 86.1 Å². The lowest BCUT2D eigenvalue weighted by Crippen LogP contribution is -2.22. The highest BCUT2D eigenvalue weighted by molar-refractivity contribution is 4.78. The van der Waals surface area contributed by atoms with E-state index in [1.807, 2.05) is 23.9 Å². The van der Waals surface area contributed by atoms with Gasteiger partial charge in [0.25, 0.3) is 0 Å². The normalized spacial score (nSPS) is 13.4. The fourth-order valence-corrected chi connectivity index (χ4v) is 1.57. The third-order valence-electron chi connectivity index (χ3n) is 2.09. The van der Waals surface area contributed by atoms with Crippen LogP contribution in [0.4, 0.5) is 0 Å². The molecule has 0 saturated carbocycles. The zero-order valence-corrected chi connectivity index (χ0v) is 9.31. The molecule has 1 heterocycles. The summed E-state index contributed by atoms with van der Waals surface area (Å²) in [4.78, 5) is 0. The van der Waals surface area contributed by atoms with Crippen molar-refractivity contribution in [2.75, 3.05) is 6.61 Å². The van der Waals surface area contributed by atoms with Crippen molar-refractivity contribution in [2.45, 2.75) is 39.8 Å². The third kappa shape index (κ3) is 3.92. The van der Waals surface area contributed by atoms with Gasteiger partial charge in [0.15, 0.2) is 0 Å². The van der Waals surface area contributed by atoms with Crippen LogP contribution in [-0.2, 0) is 11.3 Å². The fraction of sp³-hybridized carbons (Fsp3) is 0.727. The van der Waals surface area contributed by atoms with Crippen LogP contribution < -0.4 is 0 Å². The second kappa shape index (κ2) is 5.81. The Kier molecular flexibility index (Phi) is 4.66. The van der Waals surface area contributed by atoms with Crippen molar-refractivity contribution in [2.24, 2.45) is 5.92 Å². The molecule has 1 rings (SSSR count). The quantitative estimate of drug-likeness (QED) is 0.698. The smallest absolute Gasteiger partial charge is 0.0773 e. The first kappa shape index (κ1) is 11.2. The molecule has 0 fully saturated rings. The average molecular weight is 196 g/mol. The molecule has 1 atom stereocenters. The largest absolute Gasteiger partial charge is 0.377 e. The van der Waals surface area contributed by atoms with Crippen molar-refractivity contribution in [1.29, 1.82) is 0 Å². The van der Waals surface area contributed by atoms with Gasteiger partial charge >= 0.3 is 0 Å². The third-order valence-corrected chi connectivity index (χ3v) is 2.09.